The highest BCUT2D eigenvalue weighted by atomic mass is 127. The van der Waals surface area contributed by atoms with Gasteiger partial charge in [-0.25, -0.2) is 0 Å². The van der Waals surface area contributed by atoms with Gasteiger partial charge in [-0.05, 0) is 62.6 Å². The van der Waals surface area contributed by atoms with Crippen molar-refractivity contribution in [1.82, 2.24) is 25.4 Å². The van der Waals surface area contributed by atoms with Crippen LogP contribution in [0.1, 0.15) is 35.1 Å². The molecule has 172 valence electrons. The molecule has 2 heterocycles. The first kappa shape index (κ1) is 25.6. The van der Waals surface area contributed by atoms with Gasteiger partial charge in [0, 0.05) is 38.6 Å². The van der Waals surface area contributed by atoms with Crippen LogP contribution in [0.4, 0.5) is 0 Å². The Morgan fingerprint density at radius 1 is 1.19 bits per heavy atom. The molecule has 3 aromatic rings. The van der Waals surface area contributed by atoms with Crippen molar-refractivity contribution >= 4 is 29.9 Å². The number of nitrogens with one attached hydrogen (secondary N) is 2. The third kappa shape index (κ3) is 7.22. The molecule has 8 heteroatoms. The van der Waals surface area contributed by atoms with Crippen LogP contribution in [-0.2, 0) is 26.6 Å². The lowest BCUT2D eigenvalue weighted by atomic mass is 10.1. The number of guanidine groups is 1. The maximum Gasteiger partial charge on any atom is 0.191 e. The van der Waals surface area contributed by atoms with Crippen molar-refractivity contribution in [2.45, 2.75) is 46.4 Å². The van der Waals surface area contributed by atoms with E-state index in [9.17, 15) is 0 Å². The molecule has 0 bridgehead atoms. The van der Waals surface area contributed by atoms with E-state index in [4.69, 9.17) is 4.74 Å². The highest BCUT2D eigenvalue weighted by Crippen LogP contribution is 2.15. The summed E-state index contributed by atoms with van der Waals surface area (Å²) in [4.78, 5) is 8.66. The van der Waals surface area contributed by atoms with Crippen molar-refractivity contribution in [3.63, 3.8) is 0 Å². The number of rotatable bonds is 8. The number of ether oxygens (including phenoxy) is 1. The summed E-state index contributed by atoms with van der Waals surface area (Å²) in [6.45, 7) is 7.43. The molecule has 1 unspecified atom stereocenters. The maximum absolute atomic E-state index is 5.88. The van der Waals surface area contributed by atoms with Crippen molar-refractivity contribution in [3.05, 3.63) is 76.9 Å². The first-order valence-corrected chi connectivity index (χ1v) is 10.5. The Kier molecular flexibility index (Phi) is 9.96. The predicted molar refractivity (Wildman–Crippen MR) is 140 cm³/mol. The van der Waals surface area contributed by atoms with Crippen LogP contribution in [0.3, 0.4) is 0 Å². The molecule has 7 nitrogen and oxygen atoms in total. The summed E-state index contributed by atoms with van der Waals surface area (Å²) in [5, 5.41) is 11.4. The largest absolute Gasteiger partial charge is 0.487 e. The summed E-state index contributed by atoms with van der Waals surface area (Å²) in [5.41, 5.74) is 5.60. The fourth-order valence-electron chi connectivity index (χ4n) is 3.47. The highest BCUT2D eigenvalue weighted by molar-refractivity contribution is 14.0. The Bertz CT molecular complexity index is 1020. The zero-order chi connectivity index (χ0) is 22.2. The molecule has 0 spiro atoms. The molecular weight excluding hydrogens is 515 g/mol. The summed E-state index contributed by atoms with van der Waals surface area (Å²) in [6.07, 6.45) is 2.67. The average molecular weight is 548 g/mol. The molecule has 0 aliphatic heterocycles. The Balaban J connectivity index is 0.00000363. The second-order valence-corrected chi connectivity index (χ2v) is 7.71. The lowest BCUT2D eigenvalue weighted by Crippen LogP contribution is -2.42. The molecule has 0 saturated heterocycles. The van der Waals surface area contributed by atoms with E-state index in [-0.39, 0.29) is 30.0 Å². The van der Waals surface area contributed by atoms with E-state index in [0.29, 0.717) is 13.2 Å². The molecule has 1 aromatic carbocycles. The molecule has 0 fully saturated rings. The first-order chi connectivity index (χ1) is 15.0. The molecule has 2 N–H and O–H groups in total. The second kappa shape index (κ2) is 12.4. The Hall–Kier alpha value is -2.62. The average Bonchev–Trinajstić information content (AvgIpc) is 3.02. The van der Waals surface area contributed by atoms with Crippen molar-refractivity contribution < 1.29 is 4.74 Å². The lowest BCUT2D eigenvalue weighted by molar-refractivity contribution is 0.301. The molecule has 1 atom stereocenters. The number of hydrogen-bond acceptors (Lipinski definition) is 4. The van der Waals surface area contributed by atoms with Gasteiger partial charge >= 0.3 is 0 Å². The molecule has 0 aliphatic rings. The quantitative estimate of drug-likeness (QED) is 0.254. The van der Waals surface area contributed by atoms with Crippen LogP contribution in [0.2, 0.25) is 0 Å². The van der Waals surface area contributed by atoms with E-state index in [2.05, 4.69) is 52.5 Å². The third-order valence-corrected chi connectivity index (χ3v) is 5.25. The number of aryl methyl sites for hydroxylation is 2. The normalized spacial score (nSPS) is 12.1. The molecule has 2 aromatic heterocycles. The number of hydrogen-bond donors (Lipinski definition) is 2. The summed E-state index contributed by atoms with van der Waals surface area (Å²) in [7, 11) is 3.77. The second-order valence-electron chi connectivity index (χ2n) is 7.71. The van der Waals surface area contributed by atoms with Gasteiger partial charge in [-0.1, -0.05) is 18.2 Å². The predicted octanol–water partition coefficient (Wildman–Crippen LogP) is 3.93. The van der Waals surface area contributed by atoms with Gasteiger partial charge in [0.25, 0.3) is 0 Å². The van der Waals surface area contributed by atoms with Crippen LogP contribution in [0.25, 0.3) is 0 Å². The maximum atomic E-state index is 5.88. The summed E-state index contributed by atoms with van der Waals surface area (Å²) in [5.74, 6) is 1.59. The first-order valence-electron chi connectivity index (χ1n) is 10.5. The Labute approximate surface area is 207 Å². The summed E-state index contributed by atoms with van der Waals surface area (Å²) < 4.78 is 7.81. The van der Waals surface area contributed by atoms with Crippen molar-refractivity contribution in [2.24, 2.45) is 12.0 Å². The van der Waals surface area contributed by atoms with Gasteiger partial charge in [0.2, 0.25) is 0 Å². The molecule has 0 amide bonds. The van der Waals surface area contributed by atoms with Crippen LogP contribution in [0.15, 0.2) is 53.7 Å². The van der Waals surface area contributed by atoms with Crippen LogP contribution in [-0.4, -0.2) is 33.8 Å². The lowest BCUT2D eigenvalue weighted by Gasteiger charge is -2.18. The number of aliphatic imine (C=N–C) groups is 1. The minimum Gasteiger partial charge on any atom is -0.487 e. The SMILES string of the molecule is CN=C(NCc1cccc(OCc2ccccn2)c1)NC(C)Cc1c(C)nn(C)c1C.I. The molecule has 0 saturated carbocycles. The van der Waals surface area contributed by atoms with Crippen LogP contribution in [0, 0.1) is 13.8 Å². The fraction of sp³-hybridized carbons (Fsp3) is 0.375. The number of benzene rings is 1. The number of aromatic nitrogens is 3. The fourth-order valence-corrected chi connectivity index (χ4v) is 3.47. The minimum atomic E-state index is 0. The van der Waals surface area contributed by atoms with Gasteiger partial charge in [-0.2, -0.15) is 5.10 Å². The molecular formula is C24H33IN6O. The van der Waals surface area contributed by atoms with Crippen molar-refractivity contribution in [1.29, 1.82) is 0 Å². The zero-order valence-electron chi connectivity index (χ0n) is 19.4. The van der Waals surface area contributed by atoms with Gasteiger partial charge in [0.15, 0.2) is 5.96 Å². The van der Waals surface area contributed by atoms with Crippen molar-refractivity contribution in [2.75, 3.05) is 7.05 Å². The van der Waals surface area contributed by atoms with Gasteiger partial charge < -0.3 is 15.4 Å². The number of nitrogens with zero attached hydrogens (tertiary/aromatic N) is 4. The summed E-state index contributed by atoms with van der Waals surface area (Å²) >= 11 is 0. The molecule has 3 rings (SSSR count). The van der Waals surface area contributed by atoms with E-state index < -0.39 is 0 Å². The standard InChI is InChI=1S/C24H32N6O.HI/c1-17(13-23-18(2)29-30(5)19(23)3)28-24(25-4)27-15-20-9-8-11-22(14-20)31-16-21-10-6-7-12-26-21;/h6-12,14,17H,13,15-16H2,1-5H3,(H2,25,27,28);1H. The van der Waals surface area contributed by atoms with Gasteiger partial charge in [-0.15, -0.1) is 24.0 Å². The van der Waals surface area contributed by atoms with Crippen LogP contribution < -0.4 is 15.4 Å². The van der Waals surface area contributed by atoms with Crippen LogP contribution >= 0.6 is 24.0 Å². The Morgan fingerprint density at radius 2 is 2.00 bits per heavy atom. The van der Waals surface area contributed by atoms with E-state index in [1.54, 1.807) is 13.2 Å². The number of halogens is 1. The van der Waals surface area contributed by atoms with Gasteiger partial charge in [-0.3, -0.25) is 14.7 Å². The highest BCUT2D eigenvalue weighted by Gasteiger charge is 2.14. The third-order valence-electron chi connectivity index (χ3n) is 5.25. The monoisotopic (exact) mass is 548 g/mol. The summed E-state index contributed by atoms with van der Waals surface area (Å²) in [6, 6.07) is 14.1. The topological polar surface area (TPSA) is 76.4 Å². The molecule has 0 aliphatic carbocycles. The van der Waals surface area contributed by atoms with Gasteiger partial charge in [0.05, 0.1) is 11.4 Å². The Morgan fingerprint density at radius 3 is 2.66 bits per heavy atom. The number of pyridine rings is 1. The van der Waals surface area contributed by atoms with Crippen molar-refractivity contribution in [3.8, 4) is 5.75 Å². The molecule has 0 radical (unpaired) electrons. The van der Waals surface area contributed by atoms with Gasteiger partial charge in [0.1, 0.15) is 12.4 Å². The van der Waals surface area contributed by atoms with Crippen LogP contribution in [0.5, 0.6) is 5.75 Å². The zero-order valence-corrected chi connectivity index (χ0v) is 21.8. The molecule has 32 heavy (non-hydrogen) atoms. The smallest absolute Gasteiger partial charge is 0.191 e. The van der Waals surface area contributed by atoms with E-state index >= 15 is 0 Å². The van der Waals surface area contributed by atoms with E-state index in [0.717, 1.165) is 35.1 Å². The minimum absolute atomic E-state index is 0. The van der Waals surface area contributed by atoms with E-state index in [1.807, 2.05) is 48.1 Å². The van der Waals surface area contributed by atoms with E-state index in [1.165, 1.54) is 11.3 Å².